The molecule has 0 unspecified atom stereocenters. The van der Waals surface area contributed by atoms with Crippen molar-refractivity contribution in [3.63, 3.8) is 0 Å². The van der Waals surface area contributed by atoms with Crippen molar-refractivity contribution in [2.45, 2.75) is 154 Å². The van der Waals surface area contributed by atoms with Crippen LogP contribution in [0.3, 0.4) is 0 Å². The molecule has 2 aliphatic carbocycles. The highest BCUT2D eigenvalue weighted by Crippen LogP contribution is 2.34. The van der Waals surface area contributed by atoms with E-state index in [0.717, 1.165) is 58.3 Å². The van der Waals surface area contributed by atoms with E-state index in [9.17, 15) is 14.4 Å². The Kier molecular flexibility index (Phi) is 12.9. The Labute approximate surface area is 278 Å². The lowest BCUT2D eigenvalue weighted by Crippen LogP contribution is -2.63. The summed E-state index contributed by atoms with van der Waals surface area (Å²) in [5, 5.41) is 6.88. The van der Waals surface area contributed by atoms with Crippen LogP contribution < -0.4 is 16.4 Å². The Bertz CT molecular complexity index is 996. The first-order valence-electron chi connectivity index (χ1n) is 18.2. The van der Waals surface area contributed by atoms with Crippen LogP contribution in [0.2, 0.25) is 0 Å². The number of piperidine rings is 2. The number of fused-ring (bicyclic) bond motifs is 1. The number of nitrogens with two attached hydrogens (primary N) is 1. The van der Waals surface area contributed by atoms with Gasteiger partial charge in [0.1, 0.15) is 11.2 Å². The van der Waals surface area contributed by atoms with E-state index in [1.165, 1.54) is 44.9 Å². The molecular formula is C35H64N6O5. The number of likely N-dealkylation sites (tertiary alicyclic amines) is 2. The maximum Gasteiger partial charge on any atom is 0.410 e. The van der Waals surface area contributed by atoms with Gasteiger partial charge in [-0.15, -0.1) is 0 Å². The monoisotopic (exact) mass is 648 g/mol. The smallest absolute Gasteiger partial charge is 0.410 e. The van der Waals surface area contributed by atoms with E-state index in [4.69, 9.17) is 15.2 Å². The maximum absolute atomic E-state index is 12.5. The number of rotatable bonds is 4. The first-order chi connectivity index (χ1) is 21.7. The molecule has 5 rings (SSSR count). The molecule has 11 nitrogen and oxygen atoms in total. The number of hydrogen-bond donors (Lipinski definition) is 3. The van der Waals surface area contributed by atoms with Crippen LogP contribution in [0.5, 0.6) is 0 Å². The van der Waals surface area contributed by atoms with E-state index >= 15 is 0 Å². The van der Waals surface area contributed by atoms with E-state index in [1.807, 2.05) is 46.4 Å². The molecule has 3 aliphatic heterocycles. The molecule has 4 atom stereocenters. The number of carbonyl (C=O) groups is 3. The number of ether oxygens (including phenoxy) is 2. The molecule has 2 saturated carbocycles. The average Bonchev–Trinajstić information content (AvgIpc) is 3.00. The summed E-state index contributed by atoms with van der Waals surface area (Å²) in [7, 11) is 0. The van der Waals surface area contributed by atoms with Crippen LogP contribution in [0.25, 0.3) is 0 Å². The summed E-state index contributed by atoms with van der Waals surface area (Å²) in [5.74, 6) is 1.22. The molecule has 264 valence electrons. The van der Waals surface area contributed by atoms with Crippen molar-refractivity contribution in [2.24, 2.45) is 17.6 Å². The van der Waals surface area contributed by atoms with Gasteiger partial charge in [0, 0.05) is 56.9 Å². The molecule has 46 heavy (non-hydrogen) atoms. The highest BCUT2D eigenvalue weighted by molar-refractivity contribution is 5.76. The van der Waals surface area contributed by atoms with Crippen molar-refractivity contribution in [3.05, 3.63) is 0 Å². The average molecular weight is 649 g/mol. The highest BCUT2D eigenvalue weighted by Gasteiger charge is 2.42. The van der Waals surface area contributed by atoms with Crippen LogP contribution in [0.15, 0.2) is 0 Å². The number of nitrogens with zero attached hydrogens (tertiary/aromatic N) is 3. The Balaban J connectivity index is 0.000000210. The quantitative estimate of drug-likeness (QED) is 0.369. The van der Waals surface area contributed by atoms with Gasteiger partial charge in [0.25, 0.3) is 0 Å². The summed E-state index contributed by atoms with van der Waals surface area (Å²) >= 11 is 0. The molecule has 4 N–H and O–H groups in total. The minimum absolute atomic E-state index is 0.0915. The largest absolute Gasteiger partial charge is 0.444 e. The number of amides is 4. The first kappa shape index (κ1) is 36.6. The SMILES string of the molecule is CC(C)(C)OC(=O)N1CCC(N2C(=O)NC[C@H]3CCCC[C@@H]32)CC1.CC(C)(C)OC(=O)N1CCC(N[C@H]2CCCC[C@@H]2CN)CC1. The minimum atomic E-state index is -0.462. The molecule has 0 bridgehead atoms. The fraction of sp³-hybridized carbons (Fsp3) is 0.914. The number of hydrogen-bond acceptors (Lipinski definition) is 7. The van der Waals surface area contributed by atoms with E-state index in [-0.39, 0.29) is 24.3 Å². The van der Waals surface area contributed by atoms with Crippen molar-refractivity contribution in [1.82, 2.24) is 25.3 Å². The van der Waals surface area contributed by atoms with Crippen molar-refractivity contribution < 1.29 is 23.9 Å². The minimum Gasteiger partial charge on any atom is -0.444 e. The Hall–Kier alpha value is -2.27. The Morgan fingerprint density at radius 2 is 1.30 bits per heavy atom. The topological polar surface area (TPSA) is 129 Å². The number of carbonyl (C=O) groups excluding carboxylic acids is 3. The van der Waals surface area contributed by atoms with Gasteiger partial charge >= 0.3 is 18.2 Å². The fourth-order valence-electron chi connectivity index (χ4n) is 7.91. The first-order valence-corrected chi connectivity index (χ1v) is 18.2. The lowest BCUT2D eigenvalue weighted by Gasteiger charge is -2.49. The number of nitrogens with one attached hydrogen (secondary N) is 2. The molecule has 0 radical (unpaired) electrons. The fourth-order valence-corrected chi connectivity index (χ4v) is 7.91. The second-order valence-corrected chi connectivity index (χ2v) is 16.2. The molecule has 0 aromatic rings. The van der Waals surface area contributed by atoms with Gasteiger partial charge in [0.15, 0.2) is 0 Å². The molecule has 0 aromatic carbocycles. The van der Waals surface area contributed by atoms with E-state index in [1.54, 1.807) is 4.90 Å². The van der Waals surface area contributed by atoms with E-state index < -0.39 is 11.2 Å². The molecule has 5 aliphatic rings. The van der Waals surface area contributed by atoms with Gasteiger partial charge in [-0.1, -0.05) is 25.7 Å². The van der Waals surface area contributed by atoms with Crippen LogP contribution in [-0.2, 0) is 9.47 Å². The van der Waals surface area contributed by atoms with Gasteiger partial charge in [0.05, 0.1) is 0 Å². The number of urea groups is 1. The summed E-state index contributed by atoms with van der Waals surface area (Å²) in [5.41, 5.74) is 5.03. The van der Waals surface area contributed by atoms with Crippen LogP contribution in [-0.4, -0.2) is 108 Å². The van der Waals surface area contributed by atoms with Crippen LogP contribution >= 0.6 is 0 Å². The molecule has 3 heterocycles. The second-order valence-electron chi connectivity index (χ2n) is 16.2. The Morgan fingerprint density at radius 3 is 1.87 bits per heavy atom. The van der Waals surface area contributed by atoms with E-state index in [2.05, 4.69) is 15.5 Å². The molecule has 3 saturated heterocycles. The zero-order valence-electron chi connectivity index (χ0n) is 29.7. The zero-order valence-corrected chi connectivity index (χ0v) is 29.7. The van der Waals surface area contributed by atoms with Gasteiger partial charge in [-0.05, 0) is 111 Å². The van der Waals surface area contributed by atoms with Crippen molar-refractivity contribution in [2.75, 3.05) is 39.3 Å². The summed E-state index contributed by atoms with van der Waals surface area (Å²) in [4.78, 5) is 42.5. The van der Waals surface area contributed by atoms with Crippen molar-refractivity contribution >= 4 is 18.2 Å². The molecule has 0 aromatic heterocycles. The molecule has 0 spiro atoms. The summed E-state index contributed by atoms with van der Waals surface area (Å²) in [6.07, 6.45) is 13.3. The van der Waals surface area contributed by atoms with Crippen LogP contribution in [0.1, 0.15) is 119 Å². The Morgan fingerprint density at radius 1 is 0.783 bits per heavy atom. The normalized spacial score (nSPS) is 28.4. The summed E-state index contributed by atoms with van der Waals surface area (Å²) < 4.78 is 10.9. The molecule has 5 fully saturated rings. The summed E-state index contributed by atoms with van der Waals surface area (Å²) in [6, 6.07) is 1.81. The zero-order chi connectivity index (χ0) is 33.5. The van der Waals surface area contributed by atoms with Gasteiger partial charge in [-0.2, -0.15) is 0 Å². The predicted octanol–water partition coefficient (Wildman–Crippen LogP) is 5.46. The molecular weight excluding hydrogens is 584 g/mol. The van der Waals surface area contributed by atoms with Gasteiger partial charge in [0.2, 0.25) is 0 Å². The van der Waals surface area contributed by atoms with Crippen molar-refractivity contribution in [1.29, 1.82) is 0 Å². The van der Waals surface area contributed by atoms with Gasteiger partial charge in [-0.3, -0.25) is 0 Å². The van der Waals surface area contributed by atoms with Gasteiger partial charge in [-0.25, -0.2) is 14.4 Å². The highest BCUT2D eigenvalue weighted by atomic mass is 16.6. The lowest BCUT2D eigenvalue weighted by molar-refractivity contribution is 0.00750. The third-order valence-electron chi connectivity index (χ3n) is 10.3. The van der Waals surface area contributed by atoms with Crippen LogP contribution in [0.4, 0.5) is 14.4 Å². The van der Waals surface area contributed by atoms with Crippen LogP contribution in [0, 0.1) is 11.8 Å². The third-order valence-corrected chi connectivity index (χ3v) is 10.3. The predicted molar refractivity (Wildman–Crippen MR) is 181 cm³/mol. The van der Waals surface area contributed by atoms with E-state index in [0.29, 0.717) is 43.1 Å². The third kappa shape index (κ3) is 10.6. The molecule has 4 amide bonds. The standard InChI is InChI=1S/C18H31N3O3.C17H33N3O2/c1-18(2,3)24-17(23)20-10-8-14(9-11-20)21-15-7-5-4-6-13(15)12-19-16(21)22;1-17(2,3)22-16(21)20-10-8-14(9-11-20)19-15-7-5-4-6-13(15)12-18/h13-15H,4-12H2,1-3H3,(H,19,22);13-15,19H,4-12,18H2,1-3H3/t2*13-,15+/m11/s1. The lowest BCUT2D eigenvalue weighted by atomic mass is 9.81. The summed E-state index contributed by atoms with van der Waals surface area (Å²) in [6.45, 7) is 15.9. The van der Waals surface area contributed by atoms with Gasteiger partial charge < -0.3 is 40.5 Å². The maximum atomic E-state index is 12.5. The molecule has 11 heteroatoms. The second kappa shape index (κ2) is 16.2. The van der Waals surface area contributed by atoms with Crippen molar-refractivity contribution in [3.8, 4) is 0 Å².